The van der Waals surface area contributed by atoms with E-state index >= 15 is 0 Å². The summed E-state index contributed by atoms with van der Waals surface area (Å²) >= 11 is 0. The molecule has 2 aromatic carbocycles. The van der Waals surface area contributed by atoms with Crippen molar-refractivity contribution in [2.45, 2.75) is 43.4 Å². The van der Waals surface area contributed by atoms with E-state index < -0.39 is 59.3 Å². The van der Waals surface area contributed by atoms with Crippen LogP contribution in [0.5, 0.6) is 5.75 Å². The van der Waals surface area contributed by atoms with E-state index in [2.05, 4.69) is 20.6 Å². The minimum Gasteiger partial charge on any atom is -0.491 e. The number of carboxylic acids is 2. The largest absolute Gasteiger partial charge is 0.491 e. The molecule has 4 N–H and O–H groups in total. The minimum absolute atomic E-state index is 0.00824. The summed E-state index contributed by atoms with van der Waals surface area (Å²) in [4.78, 5) is 24.0. The van der Waals surface area contributed by atoms with Crippen LogP contribution in [0.25, 0.3) is 34.3 Å². The van der Waals surface area contributed by atoms with Gasteiger partial charge >= 0.3 is 24.3 Å². The number of nitrogens with zero attached hydrogens (tertiary/aromatic N) is 3. The molecular formula is C28H22F6N4O8. The van der Waals surface area contributed by atoms with Gasteiger partial charge in [-0.15, -0.1) is 0 Å². The van der Waals surface area contributed by atoms with Crippen molar-refractivity contribution in [3.63, 3.8) is 0 Å². The van der Waals surface area contributed by atoms with Gasteiger partial charge in [-0.05, 0) is 18.9 Å². The van der Waals surface area contributed by atoms with Crippen molar-refractivity contribution in [2.24, 2.45) is 5.92 Å². The van der Waals surface area contributed by atoms with Gasteiger partial charge in [-0.1, -0.05) is 52.8 Å². The highest BCUT2D eigenvalue weighted by Crippen LogP contribution is 2.43. The molecule has 4 aromatic rings. The topological polar surface area (TPSA) is 181 Å². The molecule has 6 rings (SSSR count). The molecule has 0 amide bonds. The van der Waals surface area contributed by atoms with E-state index in [1.54, 1.807) is 36.4 Å². The predicted octanol–water partition coefficient (Wildman–Crippen LogP) is 4.96. The van der Waals surface area contributed by atoms with Gasteiger partial charge in [-0.2, -0.15) is 31.3 Å². The van der Waals surface area contributed by atoms with Gasteiger partial charge in [-0.3, -0.25) is 4.79 Å². The van der Waals surface area contributed by atoms with Crippen molar-refractivity contribution in [1.82, 2.24) is 20.6 Å². The van der Waals surface area contributed by atoms with Gasteiger partial charge in [0, 0.05) is 22.7 Å². The summed E-state index contributed by atoms with van der Waals surface area (Å²) in [5.74, 6) is -4.80. The van der Waals surface area contributed by atoms with E-state index in [9.17, 15) is 36.2 Å². The number of carbonyl (C=O) groups is 2. The maximum atomic E-state index is 14.0. The molecule has 1 aliphatic carbocycles. The summed E-state index contributed by atoms with van der Waals surface area (Å²) in [5, 5.41) is 37.7. The second-order valence-electron chi connectivity index (χ2n) is 10.3. The standard InChI is InChI=1S/C26H21F3N4O6.C2HF3O2/c27-26(28,29)19-20(12-4-2-1-3-5-12)32-38-22(19)24-31-23(33-39-24)13-6-7-16-18(10-13)37-11-17(21(16)34)30-15-8-14(9-15)25(35)36;3-2(4,5)1(6)7/h1-7,10,14-15,17,21,30,34H,8-9,11H2,(H,35,36);(H,6,7)/t14?,15?,17-,21+;/m0./s1. The lowest BCUT2D eigenvalue weighted by Crippen LogP contribution is -2.53. The molecule has 1 saturated carbocycles. The predicted molar refractivity (Wildman–Crippen MR) is 141 cm³/mol. The van der Waals surface area contributed by atoms with E-state index in [0.29, 0.717) is 29.7 Å². The van der Waals surface area contributed by atoms with Crippen LogP contribution in [-0.4, -0.2) is 67.4 Å². The van der Waals surface area contributed by atoms with Crippen LogP contribution in [0.2, 0.25) is 0 Å². The Morgan fingerprint density at radius 3 is 2.20 bits per heavy atom. The number of rotatable bonds is 6. The van der Waals surface area contributed by atoms with Crippen molar-refractivity contribution in [3.05, 3.63) is 59.7 Å². The van der Waals surface area contributed by atoms with Crippen LogP contribution in [-0.2, 0) is 15.8 Å². The summed E-state index contributed by atoms with van der Waals surface area (Å²) in [6.07, 6.45) is -9.83. The van der Waals surface area contributed by atoms with Gasteiger partial charge in [0.25, 0.3) is 5.89 Å². The van der Waals surface area contributed by atoms with Gasteiger partial charge in [0.15, 0.2) is 0 Å². The molecule has 1 aliphatic heterocycles. The number of carboxylic acid groups (broad SMARTS) is 2. The van der Waals surface area contributed by atoms with Crippen molar-refractivity contribution >= 4 is 11.9 Å². The summed E-state index contributed by atoms with van der Waals surface area (Å²) in [7, 11) is 0. The molecule has 0 spiro atoms. The second-order valence-corrected chi connectivity index (χ2v) is 10.3. The lowest BCUT2D eigenvalue weighted by molar-refractivity contribution is -0.192. The Hall–Kier alpha value is -4.97. The smallest absolute Gasteiger partial charge is 0.490 e. The highest BCUT2D eigenvalue weighted by atomic mass is 19.4. The first kappa shape index (κ1) is 32.4. The van der Waals surface area contributed by atoms with E-state index in [0.717, 1.165) is 0 Å². The molecule has 46 heavy (non-hydrogen) atoms. The molecule has 0 radical (unpaired) electrons. The van der Waals surface area contributed by atoms with E-state index in [1.165, 1.54) is 12.1 Å². The second kappa shape index (κ2) is 12.4. The van der Waals surface area contributed by atoms with Gasteiger partial charge in [0.2, 0.25) is 11.6 Å². The number of ether oxygens (including phenoxy) is 1. The first-order valence-electron chi connectivity index (χ1n) is 13.3. The van der Waals surface area contributed by atoms with Gasteiger partial charge in [-0.25, -0.2) is 4.79 Å². The number of nitrogens with one attached hydrogen (secondary N) is 1. The number of halogens is 6. The normalized spacial score (nSPS) is 20.8. The SMILES string of the molecule is O=C(O)C(F)(F)F.O=C(O)C1CC(N[C@H]2COc3cc(-c4noc(-c5onc(-c6ccccc6)c5C(F)(F)F)n4)ccc3[C@H]2O)C1. The number of aromatic nitrogens is 3. The fourth-order valence-corrected chi connectivity index (χ4v) is 4.85. The van der Waals surface area contributed by atoms with Crippen LogP contribution < -0.4 is 10.1 Å². The maximum absolute atomic E-state index is 14.0. The number of benzene rings is 2. The minimum atomic E-state index is -5.08. The first-order chi connectivity index (χ1) is 21.6. The zero-order chi connectivity index (χ0) is 33.4. The number of alkyl halides is 6. The molecule has 2 atom stereocenters. The van der Waals surface area contributed by atoms with Gasteiger partial charge < -0.3 is 34.4 Å². The number of aliphatic hydroxyl groups is 1. The fourth-order valence-electron chi connectivity index (χ4n) is 4.85. The van der Waals surface area contributed by atoms with Crippen LogP contribution >= 0.6 is 0 Å². The van der Waals surface area contributed by atoms with Crippen LogP contribution in [0.3, 0.4) is 0 Å². The Morgan fingerprint density at radius 1 is 0.913 bits per heavy atom. The van der Waals surface area contributed by atoms with E-state index in [4.69, 9.17) is 28.8 Å². The highest BCUT2D eigenvalue weighted by molar-refractivity contribution is 5.73. The molecule has 12 nitrogen and oxygen atoms in total. The average Bonchev–Trinajstić information content (AvgIpc) is 3.64. The molecule has 0 unspecified atom stereocenters. The van der Waals surface area contributed by atoms with Crippen molar-refractivity contribution in [3.8, 4) is 40.0 Å². The number of fused-ring (bicyclic) bond motifs is 1. The zero-order valence-corrected chi connectivity index (χ0v) is 23.0. The monoisotopic (exact) mass is 656 g/mol. The Bertz CT molecular complexity index is 1720. The molecule has 3 heterocycles. The lowest BCUT2D eigenvalue weighted by atomic mass is 9.79. The number of hydrogen-bond acceptors (Lipinski definition) is 10. The molecule has 0 bridgehead atoms. The summed E-state index contributed by atoms with van der Waals surface area (Å²) in [6.45, 7) is 0.138. The third-order valence-corrected chi connectivity index (χ3v) is 7.21. The molecule has 18 heteroatoms. The highest BCUT2D eigenvalue weighted by Gasteiger charge is 2.43. The molecular weight excluding hydrogens is 634 g/mol. The number of aliphatic hydroxyl groups excluding tert-OH is 1. The Labute approximate surface area is 253 Å². The Kier molecular flexibility index (Phi) is 8.76. The average molecular weight is 656 g/mol. The fraction of sp³-hybridized carbons (Fsp3) is 0.321. The van der Waals surface area contributed by atoms with Gasteiger partial charge in [0.05, 0.1) is 12.0 Å². The molecule has 2 aliphatic rings. The summed E-state index contributed by atoms with van der Waals surface area (Å²) in [6, 6.07) is 12.1. The van der Waals surface area contributed by atoms with Crippen LogP contribution in [0.1, 0.15) is 30.1 Å². The zero-order valence-electron chi connectivity index (χ0n) is 23.0. The molecule has 244 valence electrons. The quantitative estimate of drug-likeness (QED) is 0.205. The van der Waals surface area contributed by atoms with Gasteiger partial charge in [0.1, 0.15) is 29.7 Å². The Morgan fingerprint density at radius 2 is 1.59 bits per heavy atom. The summed E-state index contributed by atoms with van der Waals surface area (Å²) < 4.78 is 89.7. The molecule has 2 aromatic heterocycles. The molecule has 1 fully saturated rings. The number of aliphatic carboxylic acids is 2. The first-order valence-corrected chi connectivity index (χ1v) is 13.3. The van der Waals surface area contributed by atoms with E-state index in [-0.39, 0.29) is 30.0 Å². The summed E-state index contributed by atoms with van der Waals surface area (Å²) in [5.41, 5.74) is -0.403. The lowest BCUT2D eigenvalue weighted by Gasteiger charge is -2.39. The third-order valence-electron chi connectivity index (χ3n) is 7.21. The molecule has 0 saturated heterocycles. The van der Waals surface area contributed by atoms with Crippen LogP contribution in [0.15, 0.2) is 57.6 Å². The van der Waals surface area contributed by atoms with Crippen LogP contribution in [0, 0.1) is 5.92 Å². The van der Waals surface area contributed by atoms with Crippen molar-refractivity contribution in [1.29, 1.82) is 0 Å². The third kappa shape index (κ3) is 6.81. The van der Waals surface area contributed by atoms with Crippen LogP contribution in [0.4, 0.5) is 26.3 Å². The number of hydrogen-bond donors (Lipinski definition) is 4. The van der Waals surface area contributed by atoms with E-state index in [1.807, 2.05) is 0 Å². The van der Waals surface area contributed by atoms with Crippen molar-refractivity contribution < 1.29 is 65.0 Å². The van der Waals surface area contributed by atoms with Crippen molar-refractivity contribution in [2.75, 3.05) is 6.61 Å². The Balaban J connectivity index is 0.000000537. The maximum Gasteiger partial charge on any atom is 0.490 e.